The zero-order chi connectivity index (χ0) is 25.4. The number of ether oxygens (including phenoxy) is 3. The second-order valence-electron chi connectivity index (χ2n) is 9.35. The molecule has 3 aromatic rings. The lowest BCUT2D eigenvalue weighted by Crippen LogP contribution is -2.44. The largest absolute Gasteiger partial charge is 0.480 e. The number of hydrogen-bond donors (Lipinski definition) is 3. The van der Waals surface area contributed by atoms with Gasteiger partial charge in [0.05, 0.1) is 17.8 Å². The number of aromatic nitrogens is 1. The third-order valence-electron chi connectivity index (χ3n) is 7.45. The van der Waals surface area contributed by atoms with Crippen LogP contribution in [0.3, 0.4) is 0 Å². The van der Waals surface area contributed by atoms with E-state index in [-0.39, 0.29) is 49.6 Å². The van der Waals surface area contributed by atoms with E-state index in [4.69, 9.17) is 14.2 Å². The molecule has 1 aromatic heterocycles. The molecule has 3 N–H and O–H groups in total. The van der Waals surface area contributed by atoms with Crippen LogP contribution in [0.2, 0.25) is 0 Å². The fourth-order valence-electron chi connectivity index (χ4n) is 5.30. The minimum Gasteiger partial charge on any atom is -0.480 e. The summed E-state index contributed by atoms with van der Waals surface area (Å²) in [6.45, 7) is 3.66. The number of esters is 1. The van der Waals surface area contributed by atoms with Gasteiger partial charge in [-0.2, -0.15) is 0 Å². The van der Waals surface area contributed by atoms with E-state index in [1.807, 2.05) is 18.2 Å². The Bertz CT molecular complexity index is 1540. The Kier molecular flexibility index (Phi) is 4.89. The van der Waals surface area contributed by atoms with Crippen molar-refractivity contribution in [2.24, 2.45) is 0 Å². The number of carbonyl (C=O) groups is 2. The summed E-state index contributed by atoms with van der Waals surface area (Å²) in [6, 6.07) is 6.61. The van der Waals surface area contributed by atoms with Crippen molar-refractivity contribution < 1.29 is 34.0 Å². The number of carboxylic acid groups (broad SMARTS) is 1. The molecule has 0 amide bonds. The second-order valence-corrected chi connectivity index (χ2v) is 9.35. The number of nitrogens with one attached hydrogen (secondary N) is 1. The average molecular weight is 492 g/mol. The fourth-order valence-corrected chi connectivity index (χ4v) is 5.30. The molecular weight excluding hydrogens is 468 g/mol. The third-order valence-corrected chi connectivity index (χ3v) is 7.45. The molecule has 6 rings (SSSR count). The first-order valence-corrected chi connectivity index (χ1v) is 11.7. The van der Waals surface area contributed by atoms with Crippen LogP contribution >= 0.6 is 0 Å². The molecule has 2 aromatic carbocycles. The van der Waals surface area contributed by atoms with E-state index in [1.54, 1.807) is 24.5 Å². The van der Waals surface area contributed by atoms with Gasteiger partial charge in [-0.1, -0.05) is 6.92 Å². The van der Waals surface area contributed by atoms with Crippen LogP contribution in [0.25, 0.3) is 22.0 Å². The number of hydrogen-bond acceptors (Lipinski definition) is 8. The third kappa shape index (κ3) is 3.07. The van der Waals surface area contributed by atoms with E-state index in [1.165, 1.54) is 0 Å². The van der Waals surface area contributed by atoms with Gasteiger partial charge >= 0.3 is 11.9 Å². The fraction of sp³-hybridized carbons (Fsp3) is 0.346. The number of cyclic esters (lactones) is 1. The van der Waals surface area contributed by atoms with Crippen molar-refractivity contribution in [3.8, 4) is 22.8 Å². The lowest BCUT2D eigenvalue weighted by molar-refractivity contribution is -0.172. The van der Waals surface area contributed by atoms with E-state index in [2.05, 4.69) is 5.32 Å². The first-order chi connectivity index (χ1) is 17.2. The van der Waals surface area contributed by atoms with Gasteiger partial charge in [-0.3, -0.25) is 9.59 Å². The molecule has 10 heteroatoms. The van der Waals surface area contributed by atoms with Crippen LogP contribution in [0, 0.1) is 0 Å². The average Bonchev–Trinajstić information content (AvgIpc) is 3.47. The maximum Gasteiger partial charge on any atom is 0.343 e. The molecule has 1 unspecified atom stereocenters. The van der Waals surface area contributed by atoms with E-state index < -0.39 is 23.6 Å². The highest BCUT2D eigenvalue weighted by Gasteiger charge is 2.45. The minimum absolute atomic E-state index is 0.0675. The molecule has 0 saturated carbocycles. The molecule has 4 heterocycles. The van der Waals surface area contributed by atoms with Crippen molar-refractivity contribution in [3.63, 3.8) is 0 Å². The molecule has 186 valence electrons. The number of benzene rings is 2. The van der Waals surface area contributed by atoms with Gasteiger partial charge in [0.1, 0.15) is 12.6 Å². The van der Waals surface area contributed by atoms with Crippen LogP contribution in [0.5, 0.6) is 11.5 Å². The maximum atomic E-state index is 13.5. The van der Waals surface area contributed by atoms with Crippen LogP contribution in [-0.2, 0) is 39.6 Å². The Hall–Kier alpha value is -3.89. The predicted molar refractivity (Wildman–Crippen MR) is 127 cm³/mol. The normalized spacial score (nSPS) is 20.0. The number of fused-ring (bicyclic) bond motifs is 6. The summed E-state index contributed by atoms with van der Waals surface area (Å²) in [6.07, 6.45) is 0.0675. The number of aliphatic hydroxyl groups is 1. The Balaban J connectivity index is 1.59. The number of nitrogens with zero attached hydrogens (tertiary/aromatic N) is 1. The molecular formula is C26H24N2O8. The number of carboxylic acids is 1. The molecule has 0 aliphatic carbocycles. The highest BCUT2D eigenvalue weighted by molar-refractivity contribution is 5.95. The van der Waals surface area contributed by atoms with Gasteiger partial charge in [0.25, 0.3) is 5.56 Å². The number of pyridine rings is 1. The Labute approximate surface area is 205 Å². The van der Waals surface area contributed by atoms with Gasteiger partial charge < -0.3 is 34.3 Å². The van der Waals surface area contributed by atoms with E-state index >= 15 is 0 Å². The summed E-state index contributed by atoms with van der Waals surface area (Å²) in [5.74, 6) is -0.537. The highest BCUT2D eigenvalue weighted by atomic mass is 16.7. The van der Waals surface area contributed by atoms with Crippen LogP contribution in [0.4, 0.5) is 0 Å². The zero-order valence-electron chi connectivity index (χ0n) is 19.7. The van der Waals surface area contributed by atoms with Crippen LogP contribution in [0.1, 0.15) is 42.5 Å². The number of carbonyl (C=O) groups excluding carboxylic acids is 1. The quantitative estimate of drug-likeness (QED) is 0.357. The van der Waals surface area contributed by atoms with Gasteiger partial charge in [-0.25, -0.2) is 4.79 Å². The minimum atomic E-state index is -1.89. The Morgan fingerprint density at radius 1 is 1.14 bits per heavy atom. The molecule has 3 aliphatic heterocycles. The molecule has 2 atom stereocenters. The number of rotatable bonds is 5. The SMILES string of the molecule is CC[C@@]1(O)C(=O)OCc2c1cc1n(c2=O)Cc2c-1cc1cc3c(cc1c2CNC(C)C(=O)O)OCO3. The standard InChI is InChI=1S/C26H24N2O8/c1-3-26(33)19-7-20-15-4-13-5-21-22(36-11-35-21)6-14(13)16(8-27-12(2)24(30)31)17(15)9-28(20)23(29)18(19)10-34-25(26)32/h4-7,12,27,33H,3,8-11H2,1-2H3,(H,30,31)/t12?,26-/m0/s1. The zero-order valence-corrected chi connectivity index (χ0v) is 19.7. The van der Waals surface area contributed by atoms with E-state index in [0.29, 0.717) is 17.2 Å². The van der Waals surface area contributed by atoms with E-state index in [0.717, 1.165) is 27.5 Å². The monoisotopic (exact) mass is 492 g/mol. The molecule has 0 radical (unpaired) electrons. The first kappa shape index (κ1) is 22.6. The van der Waals surface area contributed by atoms with Gasteiger partial charge in [0.2, 0.25) is 6.79 Å². The second kappa shape index (κ2) is 7.81. The molecule has 0 bridgehead atoms. The van der Waals surface area contributed by atoms with Crippen molar-refractivity contribution >= 4 is 22.7 Å². The van der Waals surface area contributed by atoms with Gasteiger partial charge in [-0.05, 0) is 59.5 Å². The van der Waals surface area contributed by atoms with Gasteiger partial charge in [0.15, 0.2) is 17.1 Å². The van der Waals surface area contributed by atoms with E-state index in [9.17, 15) is 24.6 Å². The van der Waals surface area contributed by atoms with Gasteiger partial charge in [-0.15, -0.1) is 0 Å². The summed E-state index contributed by atoms with van der Waals surface area (Å²) in [4.78, 5) is 37.4. The van der Waals surface area contributed by atoms with Crippen molar-refractivity contribution in [1.82, 2.24) is 9.88 Å². The van der Waals surface area contributed by atoms with Gasteiger partial charge in [0, 0.05) is 17.7 Å². The molecule has 0 spiro atoms. The molecule has 3 aliphatic rings. The summed E-state index contributed by atoms with van der Waals surface area (Å²) < 4.78 is 17.9. The molecule has 36 heavy (non-hydrogen) atoms. The highest BCUT2D eigenvalue weighted by Crippen LogP contribution is 2.44. The van der Waals surface area contributed by atoms with Crippen molar-refractivity contribution in [1.29, 1.82) is 0 Å². The van der Waals surface area contributed by atoms with Crippen molar-refractivity contribution in [2.45, 2.75) is 51.6 Å². The Morgan fingerprint density at radius 2 is 1.89 bits per heavy atom. The molecule has 0 saturated heterocycles. The topological polar surface area (TPSA) is 136 Å². The summed E-state index contributed by atoms with van der Waals surface area (Å²) >= 11 is 0. The first-order valence-electron chi connectivity index (χ1n) is 11.7. The summed E-state index contributed by atoms with van der Waals surface area (Å²) in [5, 5.41) is 25.2. The van der Waals surface area contributed by atoms with Crippen LogP contribution in [-0.4, -0.2) is 39.6 Å². The number of aliphatic carboxylic acids is 1. The summed E-state index contributed by atoms with van der Waals surface area (Å²) in [7, 11) is 0. The van der Waals surface area contributed by atoms with Crippen LogP contribution < -0.4 is 20.3 Å². The smallest absolute Gasteiger partial charge is 0.343 e. The molecule has 10 nitrogen and oxygen atoms in total. The van der Waals surface area contributed by atoms with Crippen LogP contribution in [0.15, 0.2) is 29.1 Å². The lowest BCUT2D eigenvalue weighted by atomic mass is 9.85. The Morgan fingerprint density at radius 3 is 2.61 bits per heavy atom. The van der Waals surface area contributed by atoms with Crippen molar-refractivity contribution in [2.75, 3.05) is 6.79 Å². The molecule has 0 fully saturated rings. The van der Waals surface area contributed by atoms with Crippen molar-refractivity contribution in [3.05, 3.63) is 56.9 Å². The lowest BCUT2D eigenvalue weighted by Gasteiger charge is -2.31. The maximum absolute atomic E-state index is 13.5. The predicted octanol–water partition coefficient (Wildman–Crippen LogP) is 1.98. The summed E-state index contributed by atoms with van der Waals surface area (Å²) in [5.41, 5.74) is 1.38.